The fraction of sp³-hybridized carbons (Fsp3) is 0.929. The SMILES string of the molecule is CCC1(CNC(=O)[C@@H]2CCCCN2)CCCC1.Cl. The summed E-state index contributed by atoms with van der Waals surface area (Å²) in [4.78, 5) is 12.0. The van der Waals surface area contributed by atoms with Gasteiger partial charge in [0.05, 0.1) is 6.04 Å². The number of nitrogens with one attached hydrogen (secondary N) is 2. The van der Waals surface area contributed by atoms with Crippen molar-refractivity contribution in [2.45, 2.75) is 64.3 Å². The number of hydrogen-bond acceptors (Lipinski definition) is 2. The minimum Gasteiger partial charge on any atom is -0.354 e. The van der Waals surface area contributed by atoms with Crippen LogP contribution in [0.15, 0.2) is 0 Å². The monoisotopic (exact) mass is 274 g/mol. The molecule has 2 rings (SSSR count). The topological polar surface area (TPSA) is 41.1 Å². The molecule has 106 valence electrons. The highest BCUT2D eigenvalue weighted by Crippen LogP contribution is 2.40. The molecule has 0 unspecified atom stereocenters. The van der Waals surface area contributed by atoms with Gasteiger partial charge in [0.1, 0.15) is 0 Å². The Hall–Kier alpha value is -0.280. The van der Waals surface area contributed by atoms with E-state index in [0.29, 0.717) is 5.41 Å². The number of carbonyl (C=O) groups is 1. The summed E-state index contributed by atoms with van der Waals surface area (Å²) < 4.78 is 0. The van der Waals surface area contributed by atoms with Gasteiger partial charge in [-0.2, -0.15) is 0 Å². The number of rotatable bonds is 4. The third kappa shape index (κ3) is 3.86. The van der Waals surface area contributed by atoms with E-state index in [1.807, 2.05) is 0 Å². The normalized spacial score (nSPS) is 26.4. The van der Waals surface area contributed by atoms with Crippen molar-refractivity contribution >= 4 is 18.3 Å². The minimum absolute atomic E-state index is 0. The molecule has 1 atom stereocenters. The van der Waals surface area contributed by atoms with Crippen molar-refractivity contribution < 1.29 is 4.79 Å². The van der Waals surface area contributed by atoms with Crippen molar-refractivity contribution in [3.05, 3.63) is 0 Å². The van der Waals surface area contributed by atoms with Gasteiger partial charge in [0.15, 0.2) is 0 Å². The molecule has 2 fully saturated rings. The second-order valence-corrected chi connectivity index (χ2v) is 5.78. The average molecular weight is 275 g/mol. The summed E-state index contributed by atoms with van der Waals surface area (Å²) in [5.41, 5.74) is 0.407. The third-order valence-corrected chi connectivity index (χ3v) is 4.68. The number of hydrogen-bond donors (Lipinski definition) is 2. The van der Waals surface area contributed by atoms with Crippen LogP contribution in [0, 0.1) is 5.41 Å². The lowest BCUT2D eigenvalue weighted by Gasteiger charge is -2.29. The molecule has 0 aromatic heterocycles. The molecule has 3 nitrogen and oxygen atoms in total. The van der Waals surface area contributed by atoms with Crippen LogP contribution in [0.1, 0.15) is 58.3 Å². The van der Waals surface area contributed by atoms with E-state index >= 15 is 0 Å². The molecular formula is C14H27ClN2O. The van der Waals surface area contributed by atoms with Gasteiger partial charge in [-0.1, -0.05) is 26.2 Å². The Morgan fingerprint density at radius 2 is 2.00 bits per heavy atom. The molecule has 0 aromatic rings. The zero-order valence-corrected chi connectivity index (χ0v) is 12.3. The van der Waals surface area contributed by atoms with Crippen LogP contribution in [0.2, 0.25) is 0 Å². The van der Waals surface area contributed by atoms with Gasteiger partial charge in [-0.05, 0) is 44.1 Å². The molecule has 1 saturated heterocycles. The number of halogens is 1. The van der Waals surface area contributed by atoms with Crippen LogP contribution in [0.3, 0.4) is 0 Å². The maximum atomic E-state index is 12.0. The van der Waals surface area contributed by atoms with E-state index in [1.54, 1.807) is 0 Å². The molecule has 18 heavy (non-hydrogen) atoms. The molecule has 0 bridgehead atoms. The minimum atomic E-state index is 0. The molecule has 0 aromatic carbocycles. The molecule has 0 spiro atoms. The Kier molecular flexibility index (Phi) is 6.44. The van der Waals surface area contributed by atoms with Gasteiger partial charge in [0.2, 0.25) is 5.91 Å². The molecule has 2 N–H and O–H groups in total. The predicted octanol–water partition coefficient (Wildman–Crippen LogP) is 2.64. The fourth-order valence-electron chi connectivity index (χ4n) is 3.25. The zero-order valence-electron chi connectivity index (χ0n) is 11.5. The zero-order chi connectivity index (χ0) is 12.1. The molecule has 1 aliphatic heterocycles. The van der Waals surface area contributed by atoms with Crippen LogP contribution >= 0.6 is 12.4 Å². The van der Waals surface area contributed by atoms with Crippen LogP contribution in [-0.2, 0) is 4.79 Å². The first-order valence-electron chi connectivity index (χ1n) is 7.27. The Labute approximate surface area is 117 Å². The highest BCUT2D eigenvalue weighted by molar-refractivity contribution is 5.85. The van der Waals surface area contributed by atoms with Crippen LogP contribution in [0.4, 0.5) is 0 Å². The van der Waals surface area contributed by atoms with Crippen molar-refractivity contribution in [3.63, 3.8) is 0 Å². The van der Waals surface area contributed by atoms with Crippen LogP contribution in [-0.4, -0.2) is 25.0 Å². The Morgan fingerprint density at radius 3 is 2.56 bits per heavy atom. The highest BCUT2D eigenvalue weighted by Gasteiger charge is 2.33. The molecular weight excluding hydrogens is 248 g/mol. The number of piperidine rings is 1. The van der Waals surface area contributed by atoms with Crippen molar-refractivity contribution in [2.75, 3.05) is 13.1 Å². The number of carbonyl (C=O) groups excluding carboxylic acids is 1. The van der Waals surface area contributed by atoms with Crippen LogP contribution in [0.25, 0.3) is 0 Å². The lowest BCUT2D eigenvalue weighted by atomic mass is 9.83. The second kappa shape index (κ2) is 7.34. The summed E-state index contributed by atoms with van der Waals surface area (Å²) in [6.07, 6.45) is 9.86. The van der Waals surface area contributed by atoms with E-state index in [1.165, 1.54) is 44.9 Å². The summed E-state index contributed by atoms with van der Waals surface area (Å²) in [5.74, 6) is 0.226. The smallest absolute Gasteiger partial charge is 0.237 e. The van der Waals surface area contributed by atoms with Crippen molar-refractivity contribution in [1.29, 1.82) is 0 Å². The Morgan fingerprint density at radius 1 is 1.28 bits per heavy atom. The summed E-state index contributed by atoms with van der Waals surface area (Å²) in [6, 6.07) is 0.0686. The first kappa shape index (κ1) is 15.8. The first-order chi connectivity index (χ1) is 8.26. The summed E-state index contributed by atoms with van der Waals surface area (Å²) in [6.45, 7) is 4.15. The lowest BCUT2D eigenvalue weighted by molar-refractivity contribution is -0.124. The first-order valence-corrected chi connectivity index (χ1v) is 7.27. The fourth-order valence-corrected chi connectivity index (χ4v) is 3.25. The van der Waals surface area contributed by atoms with E-state index in [0.717, 1.165) is 19.5 Å². The summed E-state index contributed by atoms with van der Waals surface area (Å²) in [5, 5.41) is 6.50. The van der Waals surface area contributed by atoms with Crippen molar-refractivity contribution in [2.24, 2.45) is 5.41 Å². The predicted molar refractivity (Wildman–Crippen MR) is 77.1 cm³/mol. The molecule has 0 radical (unpaired) electrons. The van der Waals surface area contributed by atoms with E-state index in [9.17, 15) is 4.79 Å². The van der Waals surface area contributed by atoms with Gasteiger partial charge in [0, 0.05) is 6.54 Å². The lowest BCUT2D eigenvalue weighted by Crippen LogP contribution is -2.48. The average Bonchev–Trinajstić information content (AvgIpc) is 2.86. The number of amides is 1. The highest BCUT2D eigenvalue weighted by atomic mass is 35.5. The van der Waals surface area contributed by atoms with Gasteiger partial charge in [-0.25, -0.2) is 0 Å². The van der Waals surface area contributed by atoms with Gasteiger partial charge in [-0.3, -0.25) is 4.79 Å². The Bertz CT molecular complexity index is 259. The molecule has 2 aliphatic rings. The second-order valence-electron chi connectivity index (χ2n) is 5.78. The van der Waals surface area contributed by atoms with Gasteiger partial charge >= 0.3 is 0 Å². The van der Waals surface area contributed by atoms with Crippen molar-refractivity contribution in [1.82, 2.24) is 10.6 Å². The van der Waals surface area contributed by atoms with E-state index in [2.05, 4.69) is 17.6 Å². The summed E-state index contributed by atoms with van der Waals surface area (Å²) in [7, 11) is 0. The standard InChI is InChI=1S/C14H26N2O.ClH/c1-2-14(8-4-5-9-14)11-16-13(17)12-7-3-6-10-15-12;/h12,15H,2-11H2,1H3,(H,16,17);1H/t12-;/m0./s1. The Balaban J connectivity index is 0.00000162. The quantitative estimate of drug-likeness (QED) is 0.828. The molecule has 1 amide bonds. The van der Waals surface area contributed by atoms with E-state index < -0.39 is 0 Å². The molecule has 1 heterocycles. The molecule has 4 heteroatoms. The summed E-state index contributed by atoms with van der Waals surface area (Å²) >= 11 is 0. The molecule has 1 saturated carbocycles. The van der Waals surface area contributed by atoms with Gasteiger partial charge in [-0.15, -0.1) is 12.4 Å². The maximum Gasteiger partial charge on any atom is 0.237 e. The molecule has 1 aliphatic carbocycles. The van der Waals surface area contributed by atoms with Crippen LogP contribution in [0.5, 0.6) is 0 Å². The van der Waals surface area contributed by atoms with Crippen molar-refractivity contribution in [3.8, 4) is 0 Å². The van der Waals surface area contributed by atoms with E-state index in [4.69, 9.17) is 0 Å². The van der Waals surface area contributed by atoms with E-state index in [-0.39, 0.29) is 24.4 Å². The van der Waals surface area contributed by atoms with Crippen LogP contribution < -0.4 is 10.6 Å². The third-order valence-electron chi connectivity index (χ3n) is 4.68. The van der Waals surface area contributed by atoms with Gasteiger partial charge < -0.3 is 10.6 Å². The van der Waals surface area contributed by atoms with Gasteiger partial charge in [0.25, 0.3) is 0 Å². The largest absolute Gasteiger partial charge is 0.354 e. The maximum absolute atomic E-state index is 12.0.